The summed E-state index contributed by atoms with van der Waals surface area (Å²) in [5.41, 5.74) is 0.758. The molecular weight excluding hydrogens is 725 g/mol. The highest BCUT2D eigenvalue weighted by atomic mass is 19.4. The molecule has 0 saturated heterocycles. The van der Waals surface area contributed by atoms with E-state index in [0.717, 1.165) is 60.5 Å². The van der Waals surface area contributed by atoms with Gasteiger partial charge in [0.25, 0.3) is 0 Å². The van der Waals surface area contributed by atoms with Crippen molar-refractivity contribution in [2.75, 3.05) is 19.8 Å². The minimum Gasteiger partial charge on any atom is -0.493 e. The van der Waals surface area contributed by atoms with Gasteiger partial charge in [-0.3, -0.25) is 4.94 Å². The zero-order chi connectivity index (χ0) is 40.1. The molecule has 0 aliphatic heterocycles. The van der Waals surface area contributed by atoms with E-state index in [1.807, 2.05) is 36.4 Å². The molecule has 0 atom stereocenters. The molecule has 0 bridgehead atoms. The smallest absolute Gasteiger partial charge is 0.422 e. The van der Waals surface area contributed by atoms with E-state index in [1.54, 1.807) is 0 Å². The minimum atomic E-state index is -5.11. The van der Waals surface area contributed by atoms with Crippen LogP contribution in [0.15, 0.2) is 72.8 Å². The van der Waals surface area contributed by atoms with Gasteiger partial charge in [0.05, 0.1) is 25.4 Å². The van der Waals surface area contributed by atoms with Gasteiger partial charge in [-0.25, -0.2) is 13.2 Å². The summed E-state index contributed by atoms with van der Waals surface area (Å²) in [6.45, 7) is 8.19. The number of ether oxygens (including phenoxy) is 3. The molecule has 11 heteroatoms. The fourth-order valence-corrected chi connectivity index (χ4v) is 5.77. The molecule has 0 aromatic heterocycles. The molecule has 4 aromatic carbocycles. The number of unbranched alkanes of at least 4 members (excludes halogenated alkanes) is 9. The minimum absolute atomic E-state index is 0.0987. The molecule has 0 radical (unpaired) electrons. The van der Waals surface area contributed by atoms with Crippen LogP contribution in [0.3, 0.4) is 0 Å². The van der Waals surface area contributed by atoms with Crippen LogP contribution < -0.4 is 19.2 Å². The summed E-state index contributed by atoms with van der Waals surface area (Å²) in [6.07, 6.45) is 8.73. The zero-order valence-electron chi connectivity index (χ0n) is 32.0. The van der Waals surface area contributed by atoms with Gasteiger partial charge >= 0.3 is 6.18 Å². The summed E-state index contributed by atoms with van der Waals surface area (Å²) in [5, 5.41) is 0. The third kappa shape index (κ3) is 15.0. The van der Waals surface area contributed by atoms with Crippen LogP contribution in [0.4, 0.5) is 30.9 Å². The Kier molecular flexibility index (Phi) is 19.8. The highest BCUT2D eigenvalue weighted by Crippen LogP contribution is 2.43. The Morgan fingerprint density at radius 3 is 1.38 bits per heavy atom. The molecule has 0 aliphatic carbocycles. The molecular formula is C44H53F7O4. The lowest BCUT2D eigenvalue weighted by atomic mass is 10.0. The average molecular weight is 779 g/mol. The van der Waals surface area contributed by atoms with E-state index in [-0.39, 0.29) is 16.9 Å². The van der Waals surface area contributed by atoms with Crippen molar-refractivity contribution in [2.24, 2.45) is 0 Å². The Labute approximate surface area is 320 Å². The highest BCUT2D eigenvalue weighted by Gasteiger charge is 2.38. The molecule has 0 unspecified atom stereocenters. The second kappa shape index (κ2) is 24.2. The van der Waals surface area contributed by atoms with E-state index >= 15 is 0 Å². The van der Waals surface area contributed by atoms with Gasteiger partial charge < -0.3 is 14.2 Å². The van der Waals surface area contributed by atoms with Crippen LogP contribution in [0.1, 0.15) is 109 Å². The summed E-state index contributed by atoms with van der Waals surface area (Å²) >= 11 is 0. The number of benzene rings is 4. The first-order chi connectivity index (χ1) is 26.6. The van der Waals surface area contributed by atoms with E-state index < -0.39 is 30.0 Å². The topological polar surface area (TPSA) is 36.9 Å². The van der Waals surface area contributed by atoms with Crippen molar-refractivity contribution in [1.29, 1.82) is 0 Å². The normalized spacial score (nSPS) is 11.2. The lowest BCUT2D eigenvalue weighted by Crippen LogP contribution is -2.11. The number of alkyl halides is 4. The number of halogens is 7. The lowest BCUT2D eigenvalue weighted by molar-refractivity contribution is -0.142. The number of hydrogen-bond acceptors (Lipinski definition) is 4. The van der Waals surface area contributed by atoms with Crippen LogP contribution in [0.25, 0.3) is 22.3 Å². The van der Waals surface area contributed by atoms with Gasteiger partial charge in [-0.15, -0.1) is 0 Å². The number of rotatable bonds is 22. The quantitative estimate of drug-likeness (QED) is 0.0588. The van der Waals surface area contributed by atoms with E-state index in [4.69, 9.17) is 14.2 Å². The first-order valence-electron chi connectivity index (χ1n) is 19.2. The highest BCUT2D eigenvalue weighted by molar-refractivity contribution is 5.78. The van der Waals surface area contributed by atoms with Gasteiger partial charge in [0, 0.05) is 16.7 Å². The van der Waals surface area contributed by atoms with Crippen LogP contribution in [-0.4, -0.2) is 19.8 Å². The molecule has 0 N–H and O–H groups in total. The predicted molar refractivity (Wildman–Crippen MR) is 204 cm³/mol. The molecule has 302 valence electrons. The third-order valence-electron chi connectivity index (χ3n) is 8.82. The Bertz CT molecular complexity index is 1620. The van der Waals surface area contributed by atoms with Crippen molar-refractivity contribution in [3.05, 3.63) is 95.6 Å². The van der Waals surface area contributed by atoms with E-state index in [9.17, 15) is 30.9 Å². The van der Waals surface area contributed by atoms with Crippen molar-refractivity contribution in [3.63, 3.8) is 0 Å². The van der Waals surface area contributed by atoms with Crippen LogP contribution in [0, 0.1) is 11.6 Å². The summed E-state index contributed by atoms with van der Waals surface area (Å²) < 4.78 is 108. The first kappa shape index (κ1) is 45.0. The van der Waals surface area contributed by atoms with Crippen LogP contribution in [0.2, 0.25) is 0 Å². The zero-order valence-corrected chi connectivity index (χ0v) is 32.0. The molecule has 0 aliphatic rings. The van der Waals surface area contributed by atoms with Crippen molar-refractivity contribution in [3.8, 4) is 45.3 Å². The lowest BCUT2D eigenvalue weighted by Gasteiger charge is -2.19. The largest absolute Gasteiger partial charge is 0.493 e. The second-order valence-corrected chi connectivity index (χ2v) is 13.3. The molecule has 4 nitrogen and oxygen atoms in total. The summed E-state index contributed by atoms with van der Waals surface area (Å²) in [4.78, 5) is 3.42. The predicted octanol–water partition coefficient (Wildman–Crippen LogP) is 14.6. The molecule has 0 heterocycles. The monoisotopic (exact) mass is 778 g/mol. The van der Waals surface area contributed by atoms with Gasteiger partial charge in [0.15, 0.2) is 5.75 Å². The van der Waals surface area contributed by atoms with Crippen LogP contribution in [-0.2, 0) is 12.9 Å². The third-order valence-corrected chi connectivity index (χ3v) is 8.82. The average Bonchev–Trinajstić information content (AvgIpc) is 3.17. The van der Waals surface area contributed by atoms with Crippen molar-refractivity contribution in [2.45, 2.75) is 111 Å². The van der Waals surface area contributed by atoms with E-state index in [0.29, 0.717) is 37.5 Å². The van der Waals surface area contributed by atoms with Gasteiger partial charge in [0.2, 0.25) is 0 Å². The fourth-order valence-electron chi connectivity index (χ4n) is 5.77. The first-order valence-corrected chi connectivity index (χ1v) is 19.2. The Balaban J connectivity index is 0.000000342. The van der Waals surface area contributed by atoms with Crippen molar-refractivity contribution < 1.29 is 50.0 Å². The molecule has 0 spiro atoms. The summed E-state index contributed by atoms with van der Waals surface area (Å²) in [5.74, 6) is -1.20. The molecule has 4 aromatic rings. The summed E-state index contributed by atoms with van der Waals surface area (Å²) in [6, 6.07) is 17.6. The van der Waals surface area contributed by atoms with Crippen molar-refractivity contribution >= 4 is 0 Å². The Morgan fingerprint density at radius 2 is 0.964 bits per heavy atom. The molecule has 4 rings (SSSR count). The molecule has 0 fully saturated rings. The van der Waals surface area contributed by atoms with Gasteiger partial charge in [0.1, 0.15) is 41.1 Å². The Hall–Kier alpha value is -4.41. The fraction of sp³-hybridized carbons (Fsp3) is 0.455. The number of hydrogen-bond donors (Lipinski definition) is 0. The van der Waals surface area contributed by atoms with Gasteiger partial charge in [-0.1, -0.05) is 115 Å². The van der Waals surface area contributed by atoms with Crippen LogP contribution in [0.5, 0.6) is 23.0 Å². The Morgan fingerprint density at radius 1 is 0.509 bits per heavy atom. The summed E-state index contributed by atoms with van der Waals surface area (Å²) in [7, 11) is 0. The molecule has 0 amide bonds. The maximum atomic E-state index is 13.4. The SMILES string of the molecule is CCCCCCOc1cc(OCCCCCC)c(-c2ccc(CF)cc2)c(OCCCCCC)c1.FOc1ccc(-c2cc(F)c(C(F)(F)F)c(F)c2)cc1. The molecule has 55 heavy (non-hydrogen) atoms. The van der Waals surface area contributed by atoms with E-state index in [2.05, 4.69) is 25.7 Å². The standard InChI is InChI=1S/C31H47FO3.C13H6F6O/c1-4-7-10-13-20-33-28-23-29(34-21-14-11-8-5-2)31(27-18-16-26(25-32)17-19-27)30(24-28)35-22-15-12-9-6-3;14-10-5-8(6-11(15)12(10)13(16,17)18)7-1-3-9(20-19)4-2-7/h16-19,23-24H,4-15,20-22,25H2,1-3H3;1-6H. The van der Waals surface area contributed by atoms with Gasteiger partial charge in [-0.05, 0) is 65.8 Å². The molecule has 0 saturated carbocycles. The van der Waals surface area contributed by atoms with Crippen LogP contribution >= 0.6 is 0 Å². The second-order valence-electron chi connectivity index (χ2n) is 13.3. The van der Waals surface area contributed by atoms with Gasteiger partial charge in [-0.2, -0.15) is 13.2 Å². The van der Waals surface area contributed by atoms with Crippen molar-refractivity contribution in [1.82, 2.24) is 0 Å². The van der Waals surface area contributed by atoms with E-state index in [1.165, 1.54) is 69.2 Å². The maximum absolute atomic E-state index is 13.4. The maximum Gasteiger partial charge on any atom is 0.422 e.